The Morgan fingerprint density at radius 3 is 2.39 bits per heavy atom. The van der Waals surface area contributed by atoms with E-state index in [1.54, 1.807) is 19.1 Å². The van der Waals surface area contributed by atoms with Gasteiger partial charge in [-0.2, -0.15) is 0 Å². The van der Waals surface area contributed by atoms with E-state index < -0.39 is 24.0 Å². The molecule has 1 atom stereocenters. The molecule has 0 saturated heterocycles. The SMILES string of the molecule is CC(CO)(NC(=O)c1cc(C(N)=O)no1)c1cc(Cl)cc(Cl)c1. The first kappa shape index (κ1) is 17.3. The third kappa shape index (κ3) is 3.82. The van der Waals surface area contributed by atoms with Crippen molar-refractivity contribution in [3.05, 3.63) is 51.3 Å². The number of nitrogens with two attached hydrogens (primary N) is 1. The zero-order valence-corrected chi connectivity index (χ0v) is 13.5. The molecule has 122 valence electrons. The first-order chi connectivity index (χ1) is 10.7. The largest absolute Gasteiger partial charge is 0.394 e. The molecular formula is C14H13Cl2N3O4. The number of aliphatic hydroxyl groups excluding tert-OH is 1. The van der Waals surface area contributed by atoms with Crippen LogP contribution in [0.2, 0.25) is 10.0 Å². The lowest BCUT2D eigenvalue weighted by Crippen LogP contribution is -2.46. The molecule has 4 N–H and O–H groups in total. The molecule has 0 aliphatic rings. The maximum absolute atomic E-state index is 12.2. The lowest BCUT2D eigenvalue weighted by molar-refractivity contribution is 0.0811. The van der Waals surface area contributed by atoms with E-state index in [0.29, 0.717) is 15.6 Å². The molecule has 2 rings (SSSR count). The fraction of sp³-hybridized carbons (Fsp3) is 0.214. The molecule has 0 aliphatic heterocycles. The summed E-state index contributed by atoms with van der Waals surface area (Å²) >= 11 is 11.9. The highest BCUT2D eigenvalue weighted by Crippen LogP contribution is 2.27. The van der Waals surface area contributed by atoms with E-state index >= 15 is 0 Å². The minimum Gasteiger partial charge on any atom is -0.394 e. The minimum atomic E-state index is -1.18. The summed E-state index contributed by atoms with van der Waals surface area (Å²) in [6.07, 6.45) is 0. The van der Waals surface area contributed by atoms with Gasteiger partial charge < -0.3 is 20.7 Å². The molecule has 1 aromatic carbocycles. The number of nitrogens with one attached hydrogen (secondary N) is 1. The molecule has 0 aliphatic carbocycles. The number of aliphatic hydroxyl groups is 1. The monoisotopic (exact) mass is 357 g/mol. The van der Waals surface area contributed by atoms with E-state index in [1.807, 2.05) is 0 Å². The third-order valence-corrected chi connectivity index (χ3v) is 3.63. The molecule has 1 heterocycles. The van der Waals surface area contributed by atoms with Crippen LogP contribution in [0.25, 0.3) is 0 Å². The van der Waals surface area contributed by atoms with Crippen molar-refractivity contribution in [3.8, 4) is 0 Å². The zero-order valence-electron chi connectivity index (χ0n) is 12.0. The van der Waals surface area contributed by atoms with Crippen molar-refractivity contribution in [3.63, 3.8) is 0 Å². The smallest absolute Gasteiger partial charge is 0.290 e. The van der Waals surface area contributed by atoms with E-state index in [9.17, 15) is 14.7 Å². The molecule has 0 fully saturated rings. The standard InChI is InChI=1S/C14H13Cl2N3O4/c1-14(6-20,7-2-8(15)4-9(16)3-7)18-13(22)11-5-10(12(17)21)19-23-11/h2-5,20H,6H2,1H3,(H2,17,21)(H,18,22). The van der Waals surface area contributed by atoms with Gasteiger partial charge in [0.15, 0.2) is 5.69 Å². The van der Waals surface area contributed by atoms with Crippen LogP contribution in [0.4, 0.5) is 0 Å². The van der Waals surface area contributed by atoms with Crippen LogP contribution >= 0.6 is 23.2 Å². The third-order valence-electron chi connectivity index (χ3n) is 3.19. The van der Waals surface area contributed by atoms with Crippen molar-refractivity contribution in [2.45, 2.75) is 12.5 Å². The number of primary amides is 1. The number of nitrogens with zero attached hydrogens (tertiary/aromatic N) is 1. The van der Waals surface area contributed by atoms with Crippen molar-refractivity contribution in [2.24, 2.45) is 5.73 Å². The first-order valence-corrected chi connectivity index (χ1v) is 7.17. The Morgan fingerprint density at radius 1 is 1.30 bits per heavy atom. The van der Waals surface area contributed by atoms with Gasteiger partial charge in [-0.05, 0) is 30.7 Å². The van der Waals surface area contributed by atoms with Gasteiger partial charge in [0, 0.05) is 16.1 Å². The predicted octanol–water partition coefficient (Wildman–Crippen LogP) is 1.72. The molecule has 1 unspecified atom stereocenters. The molecule has 1 aromatic heterocycles. The summed E-state index contributed by atoms with van der Waals surface area (Å²) in [6, 6.07) is 5.78. The number of hydrogen-bond acceptors (Lipinski definition) is 5. The number of rotatable bonds is 5. The number of halogens is 2. The Bertz CT molecular complexity index is 742. The van der Waals surface area contributed by atoms with E-state index in [0.717, 1.165) is 6.07 Å². The molecule has 2 aromatic rings. The fourth-order valence-corrected chi connectivity index (χ4v) is 2.41. The topological polar surface area (TPSA) is 118 Å². The minimum absolute atomic E-state index is 0.174. The Hall–Kier alpha value is -2.09. The molecule has 0 spiro atoms. The van der Waals surface area contributed by atoms with Crippen LogP contribution in [-0.2, 0) is 5.54 Å². The molecule has 0 bridgehead atoms. The Kier molecular flexibility index (Phi) is 4.93. The predicted molar refractivity (Wildman–Crippen MR) is 83.4 cm³/mol. The van der Waals surface area contributed by atoms with Gasteiger partial charge in [0.1, 0.15) is 0 Å². The maximum Gasteiger partial charge on any atom is 0.290 e. The van der Waals surface area contributed by atoms with Crippen LogP contribution in [0.15, 0.2) is 28.8 Å². The normalized spacial score (nSPS) is 13.4. The van der Waals surface area contributed by atoms with Crippen molar-refractivity contribution in [1.82, 2.24) is 10.5 Å². The quantitative estimate of drug-likeness (QED) is 0.752. The van der Waals surface area contributed by atoms with Gasteiger partial charge in [-0.25, -0.2) is 0 Å². The number of amides is 2. The van der Waals surface area contributed by atoms with Crippen LogP contribution in [0.3, 0.4) is 0 Å². The Labute approximate surface area is 141 Å². The molecule has 23 heavy (non-hydrogen) atoms. The second-order valence-electron chi connectivity index (χ2n) is 5.04. The lowest BCUT2D eigenvalue weighted by atomic mass is 9.92. The molecule has 0 radical (unpaired) electrons. The van der Waals surface area contributed by atoms with E-state index in [2.05, 4.69) is 10.5 Å². The fourth-order valence-electron chi connectivity index (χ4n) is 1.89. The van der Waals surface area contributed by atoms with Crippen LogP contribution in [-0.4, -0.2) is 28.7 Å². The van der Waals surface area contributed by atoms with Gasteiger partial charge in [0.05, 0.1) is 12.1 Å². The van der Waals surface area contributed by atoms with Crippen molar-refractivity contribution < 1.29 is 19.2 Å². The number of carbonyl (C=O) groups excluding carboxylic acids is 2. The lowest BCUT2D eigenvalue weighted by Gasteiger charge is -2.29. The van der Waals surface area contributed by atoms with E-state index in [4.69, 9.17) is 33.5 Å². The van der Waals surface area contributed by atoms with Gasteiger partial charge in [0.2, 0.25) is 5.76 Å². The van der Waals surface area contributed by atoms with Gasteiger partial charge in [-0.1, -0.05) is 28.4 Å². The van der Waals surface area contributed by atoms with Gasteiger partial charge in [0.25, 0.3) is 11.8 Å². The van der Waals surface area contributed by atoms with E-state index in [1.165, 1.54) is 6.07 Å². The average Bonchev–Trinajstić information content (AvgIpc) is 2.96. The van der Waals surface area contributed by atoms with E-state index in [-0.39, 0.29) is 11.5 Å². The second kappa shape index (κ2) is 6.57. The number of aromatic nitrogens is 1. The molecule has 7 nitrogen and oxygen atoms in total. The zero-order chi connectivity index (χ0) is 17.2. The average molecular weight is 358 g/mol. The second-order valence-corrected chi connectivity index (χ2v) is 5.92. The Balaban J connectivity index is 2.29. The van der Waals surface area contributed by atoms with Crippen LogP contribution in [0.5, 0.6) is 0 Å². The molecule has 9 heteroatoms. The number of hydrogen-bond donors (Lipinski definition) is 3. The van der Waals surface area contributed by atoms with Crippen LogP contribution < -0.4 is 11.1 Å². The summed E-state index contributed by atoms with van der Waals surface area (Å²) in [5, 5.41) is 16.4. The summed E-state index contributed by atoms with van der Waals surface area (Å²) in [4.78, 5) is 23.2. The highest BCUT2D eigenvalue weighted by Gasteiger charge is 2.30. The maximum atomic E-state index is 12.2. The summed E-state index contributed by atoms with van der Waals surface area (Å²) < 4.78 is 4.76. The van der Waals surface area contributed by atoms with Gasteiger partial charge in [-0.15, -0.1) is 0 Å². The summed E-state index contributed by atoms with van der Waals surface area (Å²) in [6.45, 7) is 1.16. The highest BCUT2D eigenvalue weighted by molar-refractivity contribution is 6.34. The van der Waals surface area contributed by atoms with Gasteiger partial charge >= 0.3 is 0 Å². The van der Waals surface area contributed by atoms with Crippen molar-refractivity contribution in [1.29, 1.82) is 0 Å². The molecular weight excluding hydrogens is 345 g/mol. The molecule has 0 saturated carbocycles. The Morgan fingerprint density at radius 2 is 1.91 bits per heavy atom. The van der Waals surface area contributed by atoms with Crippen molar-refractivity contribution in [2.75, 3.05) is 6.61 Å². The summed E-state index contributed by atoms with van der Waals surface area (Å²) in [5.41, 5.74) is 4.19. The van der Waals surface area contributed by atoms with Gasteiger partial charge in [-0.3, -0.25) is 9.59 Å². The number of carbonyl (C=O) groups is 2. The summed E-state index contributed by atoms with van der Waals surface area (Å²) in [5.74, 6) is -1.72. The summed E-state index contributed by atoms with van der Waals surface area (Å²) in [7, 11) is 0. The highest BCUT2D eigenvalue weighted by atomic mass is 35.5. The number of benzene rings is 1. The van der Waals surface area contributed by atoms with Crippen molar-refractivity contribution >= 4 is 35.0 Å². The first-order valence-electron chi connectivity index (χ1n) is 6.41. The van der Waals surface area contributed by atoms with Crippen LogP contribution in [0, 0.1) is 0 Å². The van der Waals surface area contributed by atoms with Crippen LogP contribution in [0.1, 0.15) is 33.5 Å². The molecule has 2 amide bonds.